The van der Waals surface area contributed by atoms with Gasteiger partial charge in [0, 0.05) is 12.8 Å². The van der Waals surface area contributed by atoms with Crippen molar-refractivity contribution in [2.24, 2.45) is 0 Å². The van der Waals surface area contributed by atoms with Gasteiger partial charge in [0.25, 0.3) is 0 Å². The fraction of sp³-hybridized carbons (Fsp3) is 0.308. The normalized spacial score (nSPS) is 15.8. The first kappa shape index (κ1) is 11.3. The average molecular weight is 228 g/mol. The van der Waals surface area contributed by atoms with E-state index in [4.69, 9.17) is 5.26 Å². The highest BCUT2D eigenvalue weighted by atomic mass is 16.2. The van der Waals surface area contributed by atoms with E-state index in [1.54, 1.807) is 24.3 Å². The maximum Gasteiger partial charge on any atom is 0.233 e. The Morgan fingerprint density at radius 2 is 1.71 bits per heavy atom. The molecular weight excluding hydrogens is 216 g/mol. The molecule has 17 heavy (non-hydrogen) atoms. The first-order valence-electron chi connectivity index (χ1n) is 5.54. The third-order valence-electron chi connectivity index (χ3n) is 2.76. The van der Waals surface area contributed by atoms with Crippen molar-refractivity contribution in [1.29, 1.82) is 5.26 Å². The average Bonchev–Trinajstić information content (AvgIpc) is 2.31. The van der Waals surface area contributed by atoms with Crippen LogP contribution in [0.15, 0.2) is 24.3 Å². The number of hydrogen-bond acceptors (Lipinski definition) is 3. The number of amides is 2. The molecule has 0 N–H and O–H groups in total. The molecule has 1 aliphatic heterocycles. The van der Waals surface area contributed by atoms with E-state index in [1.807, 2.05) is 0 Å². The van der Waals surface area contributed by atoms with Gasteiger partial charge in [-0.05, 0) is 24.1 Å². The number of carbonyl (C=O) groups is 2. The molecule has 0 spiro atoms. The third kappa shape index (κ3) is 2.34. The highest BCUT2D eigenvalue weighted by Crippen LogP contribution is 2.22. The van der Waals surface area contributed by atoms with Crippen LogP contribution in [0.3, 0.4) is 0 Å². The van der Waals surface area contributed by atoms with E-state index in [0.29, 0.717) is 31.4 Å². The van der Waals surface area contributed by atoms with E-state index in [0.717, 1.165) is 5.56 Å². The van der Waals surface area contributed by atoms with Gasteiger partial charge in [-0.3, -0.25) is 14.5 Å². The summed E-state index contributed by atoms with van der Waals surface area (Å²) in [7, 11) is 0. The molecule has 0 aromatic heterocycles. The fourth-order valence-electron chi connectivity index (χ4n) is 1.90. The number of rotatable bonds is 2. The monoisotopic (exact) mass is 228 g/mol. The van der Waals surface area contributed by atoms with Gasteiger partial charge in [0.1, 0.15) is 0 Å². The van der Waals surface area contributed by atoms with Crippen molar-refractivity contribution in [1.82, 2.24) is 0 Å². The van der Waals surface area contributed by atoms with Crippen LogP contribution < -0.4 is 4.90 Å². The Bertz CT molecular complexity index is 469. The molecule has 86 valence electrons. The summed E-state index contributed by atoms with van der Waals surface area (Å²) < 4.78 is 0. The summed E-state index contributed by atoms with van der Waals surface area (Å²) in [4.78, 5) is 24.6. The zero-order valence-corrected chi connectivity index (χ0v) is 9.35. The molecule has 2 rings (SSSR count). The van der Waals surface area contributed by atoms with E-state index >= 15 is 0 Å². The Morgan fingerprint density at radius 3 is 2.24 bits per heavy atom. The first-order chi connectivity index (χ1) is 8.22. The number of benzene rings is 1. The maximum absolute atomic E-state index is 11.7. The van der Waals surface area contributed by atoms with Gasteiger partial charge in [-0.2, -0.15) is 5.26 Å². The highest BCUT2D eigenvalue weighted by Gasteiger charge is 2.26. The van der Waals surface area contributed by atoms with Crippen LogP contribution in [-0.2, 0) is 16.0 Å². The quantitative estimate of drug-likeness (QED) is 0.725. The lowest BCUT2D eigenvalue weighted by molar-refractivity contribution is -0.129. The third-order valence-corrected chi connectivity index (χ3v) is 2.76. The zero-order valence-electron chi connectivity index (χ0n) is 9.35. The van der Waals surface area contributed by atoms with Crippen LogP contribution in [0.2, 0.25) is 0 Å². The second kappa shape index (κ2) is 4.79. The van der Waals surface area contributed by atoms with Crippen molar-refractivity contribution in [3.63, 3.8) is 0 Å². The molecule has 0 atom stereocenters. The van der Waals surface area contributed by atoms with Gasteiger partial charge in [-0.1, -0.05) is 12.1 Å². The predicted molar refractivity (Wildman–Crippen MR) is 62.1 cm³/mol. The second-order valence-electron chi connectivity index (χ2n) is 3.98. The van der Waals surface area contributed by atoms with Gasteiger partial charge >= 0.3 is 0 Å². The van der Waals surface area contributed by atoms with Gasteiger partial charge in [-0.25, -0.2) is 0 Å². The minimum atomic E-state index is -0.144. The summed E-state index contributed by atoms with van der Waals surface area (Å²) >= 11 is 0. The van der Waals surface area contributed by atoms with Crippen LogP contribution in [0.1, 0.15) is 24.8 Å². The number of hydrogen-bond donors (Lipinski definition) is 0. The van der Waals surface area contributed by atoms with Crippen molar-refractivity contribution in [3.8, 4) is 6.07 Å². The van der Waals surface area contributed by atoms with Crippen molar-refractivity contribution < 1.29 is 9.59 Å². The summed E-state index contributed by atoms with van der Waals surface area (Å²) in [6.07, 6.45) is 1.82. The van der Waals surface area contributed by atoms with Crippen LogP contribution in [0.4, 0.5) is 5.69 Å². The Balaban J connectivity index is 2.24. The van der Waals surface area contributed by atoms with E-state index in [-0.39, 0.29) is 11.8 Å². The summed E-state index contributed by atoms with van der Waals surface area (Å²) in [5, 5.41) is 8.55. The van der Waals surface area contributed by atoms with Gasteiger partial charge < -0.3 is 0 Å². The molecule has 1 saturated heterocycles. The molecule has 4 nitrogen and oxygen atoms in total. The minimum absolute atomic E-state index is 0.144. The van der Waals surface area contributed by atoms with Crippen LogP contribution in [0.25, 0.3) is 0 Å². The molecular formula is C13H12N2O2. The lowest BCUT2D eigenvalue weighted by atomic mass is 10.1. The topological polar surface area (TPSA) is 61.2 Å². The summed E-state index contributed by atoms with van der Waals surface area (Å²) in [5.74, 6) is -0.288. The summed E-state index contributed by atoms with van der Waals surface area (Å²) in [5.41, 5.74) is 1.48. The van der Waals surface area contributed by atoms with Crippen molar-refractivity contribution >= 4 is 17.5 Å². The molecule has 0 saturated carbocycles. The van der Waals surface area contributed by atoms with E-state index < -0.39 is 0 Å². The van der Waals surface area contributed by atoms with Gasteiger partial charge in [0.15, 0.2) is 0 Å². The Morgan fingerprint density at radius 1 is 1.12 bits per heavy atom. The largest absolute Gasteiger partial charge is 0.274 e. The molecule has 1 aromatic carbocycles. The Kier molecular flexibility index (Phi) is 3.20. The number of imide groups is 1. The predicted octanol–water partition coefficient (Wildman–Crippen LogP) is 1.80. The summed E-state index contributed by atoms with van der Waals surface area (Å²) in [6, 6.07) is 9.03. The SMILES string of the molecule is N#CCc1ccc(N2C(=O)CCCC2=O)cc1. The number of nitrogens with zero attached hydrogens (tertiary/aromatic N) is 2. The smallest absolute Gasteiger partial charge is 0.233 e. The molecule has 4 heteroatoms. The van der Waals surface area contributed by atoms with E-state index in [1.165, 1.54) is 4.90 Å². The summed E-state index contributed by atoms with van der Waals surface area (Å²) in [6.45, 7) is 0. The zero-order chi connectivity index (χ0) is 12.3. The second-order valence-corrected chi connectivity index (χ2v) is 3.98. The molecule has 1 aromatic rings. The van der Waals surface area contributed by atoms with Crippen LogP contribution >= 0.6 is 0 Å². The van der Waals surface area contributed by atoms with Gasteiger partial charge in [0.05, 0.1) is 18.2 Å². The molecule has 0 unspecified atom stereocenters. The van der Waals surface area contributed by atoms with Crippen LogP contribution in [0.5, 0.6) is 0 Å². The number of piperidine rings is 1. The lowest BCUT2D eigenvalue weighted by Gasteiger charge is -2.24. The molecule has 0 aliphatic carbocycles. The fourth-order valence-corrected chi connectivity index (χ4v) is 1.90. The molecule has 2 amide bonds. The molecule has 1 fully saturated rings. The van der Waals surface area contributed by atoms with Gasteiger partial charge in [-0.15, -0.1) is 0 Å². The van der Waals surface area contributed by atoms with Crippen LogP contribution in [-0.4, -0.2) is 11.8 Å². The molecule has 0 radical (unpaired) electrons. The first-order valence-corrected chi connectivity index (χ1v) is 5.54. The van der Waals surface area contributed by atoms with Crippen LogP contribution in [0, 0.1) is 11.3 Å². The Hall–Kier alpha value is -2.15. The van der Waals surface area contributed by atoms with Crippen molar-refractivity contribution in [3.05, 3.63) is 29.8 Å². The number of carbonyl (C=O) groups excluding carboxylic acids is 2. The number of nitriles is 1. The molecule has 1 heterocycles. The van der Waals surface area contributed by atoms with Gasteiger partial charge in [0.2, 0.25) is 11.8 Å². The van der Waals surface area contributed by atoms with E-state index in [9.17, 15) is 9.59 Å². The Labute approximate surface area is 99.5 Å². The lowest BCUT2D eigenvalue weighted by Crippen LogP contribution is -2.40. The molecule has 0 bridgehead atoms. The number of anilines is 1. The standard InChI is InChI=1S/C13H12N2O2/c14-9-8-10-4-6-11(7-5-10)15-12(16)2-1-3-13(15)17/h4-7H,1-3,8H2. The maximum atomic E-state index is 11.7. The van der Waals surface area contributed by atoms with E-state index in [2.05, 4.69) is 6.07 Å². The molecule has 1 aliphatic rings. The van der Waals surface area contributed by atoms with Crippen molar-refractivity contribution in [2.45, 2.75) is 25.7 Å². The highest BCUT2D eigenvalue weighted by molar-refractivity contribution is 6.16. The van der Waals surface area contributed by atoms with Crippen molar-refractivity contribution in [2.75, 3.05) is 4.90 Å². The minimum Gasteiger partial charge on any atom is -0.274 e.